The van der Waals surface area contributed by atoms with Crippen molar-refractivity contribution >= 4 is 23.7 Å². The summed E-state index contributed by atoms with van der Waals surface area (Å²) in [6.45, 7) is 0. The molecule has 0 amide bonds. The van der Waals surface area contributed by atoms with Crippen LogP contribution in [0.2, 0.25) is 0 Å². The second kappa shape index (κ2) is 6.12. The Bertz CT molecular complexity index is 377. The average molecular weight is 241 g/mol. The number of thioether (sulfide) groups is 1. The van der Waals surface area contributed by atoms with Crippen LogP contribution in [0.3, 0.4) is 0 Å². The number of hydrogen-bond donors (Lipinski definition) is 1. The Hall–Kier alpha value is -1.56. The molecule has 1 N–H and O–H groups in total. The second-order valence-corrected chi connectivity index (χ2v) is 4.03. The lowest BCUT2D eigenvalue weighted by molar-refractivity contribution is -0.140. The van der Waals surface area contributed by atoms with Gasteiger partial charge >= 0.3 is 11.9 Å². The molecule has 0 radical (unpaired) electrons. The van der Waals surface area contributed by atoms with Crippen LogP contribution in [-0.2, 0) is 9.53 Å². The number of ether oxygens (including phenoxy) is 1. The van der Waals surface area contributed by atoms with Gasteiger partial charge in [0.25, 0.3) is 0 Å². The van der Waals surface area contributed by atoms with E-state index >= 15 is 0 Å². The van der Waals surface area contributed by atoms with Gasteiger partial charge in [0.15, 0.2) is 0 Å². The Balaban J connectivity index is 2.43. The highest BCUT2D eigenvalue weighted by molar-refractivity contribution is 7.99. The molecule has 0 aromatic carbocycles. The number of aromatic carboxylic acids is 1. The summed E-state index contributed by atoms with van der Waals surface area (Å²) in [5.41, 5.74) is 0.0114. The number of esters is 1. The quantitative estimate of drug-likeness (QED) is 0.621. The van der Waals surface area contributed by atoms with E-state index in [9.17, 15) is 9.59 Å². The van der Waals surface area contributed by atoms with Gasteiger partial charge in [-0.25, -0.2) is 9.78 Å². The highest BCUT2D eigenvalue weighted by Gasteiger charge is 2.04. The first-order valence-electron chi connectivity index (χ1n) is 4.52. The van der Waals surface area contributed by atoms with E-state index in [-0.39, 0.29) is 11.7 Å². The van der Waals surface area contributed by atoms with Crippen LogP contribution in [0, 0.1) is 0 Å². The molecule has 1 aromatic rings. The van der Waals surface area contributed by atoms with Crippen molar-refractivity contribution in [1.82, 2.24) is 4.98 Å². The highest BCUT2D eigenvalue weighted by atomic mass is 32.2. The summed E-state index contributed by atoms with van der Waals surface area (Å²) in [5.74, 6) is -0.727. The number of methoxy groups -OCH3 is 1. The van der Waals surface area contributed by atoms with Crippen molar-refractivity contribution in [3.8, 4) is 0 Å². The van der Waals surface area contributed by atoms with Crippen molar-refractivity contribution in [1.29, 1.82) is 0 Å². The van der Waals surface area contributed by atoms with E-state index in [2.05, 4.69) is 9.72 Å². The number of carboxylic acids is 1. The minimum absolute atomic E-state index is 0.0114. The maximum atomic E-state index is 10.8. The number of aromatic nitrogens is 1. The van der Waals surface area contributed by atoms with Crippen molar-refractivity contribution in [2.45, 2.75) is 11.3 Å². The molecule has 0 aliphatic rings. The number of carboxylic acid groups (broad SMARTS) is 1. The Kier molecular flexibility index (Phi) is 4.78. The van der Waals surface area contributed by atoms with Crippen LogP contribution in [0.5, 0.6) is 0 Å². The van der Waals surface area contributed by atoms with Crippen LogP contribution in [-0.4, -0.2) is 34.9 Å². The van der Waals surface area contributed by atoms with Crippen LogP contribution in [0.15, 0.2) is 23.2 Å². The Morgan fingerprint density at radius 2 is 2.25 bits per heavy atom. The summed E-state index contributed by atoms with van der Waals surface area (Å²) in [6.07, 6.45) is 1.80. The normalized spacial score (nSPS) is 9.81. The zero-order valence-corrected chi connectivity index (χ0v) is 9.49. The average Bonchev–Trinajstić information content (AvgIpc) is 2.29. The standard InChI is InChI=1S/C10H11NO4S/c1-15-9(12)4-5-16-7-2-3-8(10(13)14)11-6-7/h2-3,6H,4-5H2,1H3,(H,13,14). The Morgan fingerprint density at radius 3 is 2.75 bits per heavy atom. The van der Waals surface area contributed by atoms with E-state index in [4.69, 9.17) is 5.11 Å². The van der Waals surface area contributed by atoms with Gasteiger partial charge in [0, 0.05) is 16.8 Å². The molecule has 1 rings (SSSR count). The molecule has 0 aliphatic heterocycles. The third-order valence-electron chi connectivity index (χ3n) is 1.76. The molecule has 0 atom stereocenters. The molecule has 1 aromatic heterocycles. The van der Waals surface area contributed by atoms with E-state index < -0.39 is 5.97 Å². The Labute approximate surface area is 96.8 Å². The largest absolute Gasteiger partial charge is 0.477 e. The van der Waals surface area contributed by atoms with Crippen molar-refractivity contribution < 1.29 is 19.4 Å². The van der Waals surface area contributed by atoms with Crippen molar-refractivity contribution in [2.75, 3.05) is 12.9 Å². The summed E-state index contributed by atoms with van der Waals surface area (Å²) >= 11 is 1.43. The van der Waals surface area contributed by atoms with Gasteiger partial charge in [0.05, 0.1) is 13.5 Å². The van der Waals surface area contributed by atoms with Crippen molar-refractivity contribution in [3.05, 3.63) is 24.0 Å². The van der Waals surface area contributed by atoms with Gasteiger partial charge in [-0.2, -0.15) is 0 Å². The van der Waals surface area contributed by atoms with E-state index in [1.54, 1.807) is 6.07 Å². The SMILES string of the molecule is COC(=O)CCSc1ccc(C(=O)O)nc1. The summed E-state index contributed by atoms with van der Waals surface area (Å²) in [5, 5.41) is 8.63. The molecule has 5 nitrogen and oxygen atoms in total. The van der Waals surface area contributed by atoms with Gasteiger partial charge in [-0.3, -0.25) is 4.79 Å². The van der Waals surface area contributed by atoms with Crippen LogP contribution in [0.1, 0.15) is 16.9 Å². The third kappa shape index (κ3) is 3.90. The number of carbonyl (C=O) groups excluding carboxylic acids is 1. The number of carbonyl (C=O) groups is 2. The maximum absolute atomic E-state index is 10.8. The molecule has 0 unspecified atom stereocenters. The van der Waals surface area contributed by atoms with Gasteiger partial charge in [0.1, 0.15) is 5.69 Å². The molecule has 0 saturated heterocycles. The maximum Gasteiger partial charge on any atom is 0.354 e. The van der Waals surface area contributed by atoms with Gasteiger partial charge in [-0.1, -0.05) is 0 Å². The lowest BCUT2D eigenvalue weighted by atomic mass is 10.4. The molecule has 1 heterocycles. The molecule has 0 bridgehead atoms. The molecule has 6 heteroatoms. The molecule has 16 heavy (non-hydrogen) atoms. The number of hydrogen-bond acceptors (Lipinski definition) is 5. The first kappa shape index (κ1) is 12.5. The van der Waals surface area contributed by atoms with Crippen molar-refractivity contribution in [2.24, 2.45) is 0 Å². The summed E-state index contributed by atoms with van der Waals surface area (Å²) in [6, 6.07) is 3.10. The monoisotopic (exact) mass is 241 g/mol. The van der Waals surface area contributed by atoms with E-state index in [0.29, 0.717) is 12.2 Å². The number of nitrogens with zero attached hydrogens (tertiary/aromatic N) is 1. The fourth-order valence-corrected chi connectivity index (χ4v) is 1.74. The molecule has 86 valence electrons. The molecule has 0 fully saturated rings. The minimum atomic E-state index is -1.05. The minimum Gasteiger partial charge on any atom is -0.477 e. The van der Waals surface area contributed by atoms with Crippen molar-refractivity contribution in [3.63, 3.8) is 0 Å². The Morgan fingerprint density at radius 1 is 1.50 bits per heavy atom. The fraction of sp³-hybridized carbons (Fsp3) is 0.300. The van der Waals surface area contributed by atoms with Gasteiger partial charge in [-0.05, 0) is 12.1 Å². The first-order valence-corrected chi connectivity index (χ1v) is 5.51. The predicted octanol–water partition coefficient (Wildman–Crippen LogP) is 1.43. The van der Waals surface area contributed by atoms with Crippen LogP contribution < -0.4 is 0 Å². The zero-order chi connectivity index (χ0) is 12.0. The van der Waals surface area contributed by atoms with Gasteiger partial charge in [-0.15, -0.1) is 11.8 Å². The summed E-state index contributed by atoms with van der Waals surface area (Å²) in [7, 11) is 1.34. The molecule has 0 saturated carbocycles. The lowest BCUT2D eigenvalue weighted by Crippen LogP contribution is -2.01. The van der Waals surface area contributed by atoms with Gasteiger partial charge in [0.2, 0.25) is 0 Å². The van der Waals surface area contributed by atoms with Crippen LogP contribution in [0.4, 0.5) is 0 Å². The number of rotatable bonds is 5. The number of pyridine rings is 1. The van der Waals surface area contributed by atoms with E-state index in [1.165, 1.54) is 31.1 Å². The van der Waals surface area contributed by atoms with Crippen LogP contribution >= 0.6 is 11.8 Å². The van der Waals surface area contributed by atoms with E-state index in [0.717, 1.165) is 4.90 Å². The smallest absolute Gasteiger partial charge is 0.354 e. The first-order chi connectivity index (χ1) is 7.63. The van der Waals surface area contributed by atoms with E-state index in [1.807, 2.05) is 0 Å². The van der Waals surface area contributed by atoms with Gasteiger partial charge < -0.3 is 9.84 Å². The lowest BCUT2D eigenvalue weighted by Gasteiger charge is -2.00. The molecular formula is C10H11NO4S. The fourth-order valence-electron chi connectivity index (χ4n) is 0.946. The molecular weight excluding hydrogens is 230 g/mol. The highest BCUT2D eigenvalue weighted by Crippen LogP contribution is 2.17. The third-order valence-corrected chi connectivity index (χ3v) is 2.74. The predicted molar refractivity (Wildman–Crippen MR) is 58.6 cm³/mol. The van der Waals surface area contributed by atoms with Crippen LogP contribution in [0.25, 0.3) is 0 Å². The molecule has 0 spiro atoms. The summed E-state index contributed by atoms with van der Waals surface area (Å²) < 4.78 is 4.49. The molecule has 0 aliphatic carbocycles. The second-order valence-electron chi connectivity index (χ2n) is 2.86. The summed E-state index contributed by atoms with van der Waals surface area (Å²) in [4.78, 5) is 25.9. The topological polar surface area (TPSA) is 76.5 Å². The zero-order valence-electron chi connectivity index (χ0n) is 8.67.